The molecule has 1 atom stereocenters. The molecule has 1 aliphatic rings. The Bertz CT molecular complexity index is 446. The average Bonchev–Trinajstić information content (AvgIpc) is 2.56. The van der Waals surface area contributed by atoms with Gasteiger partial charge in [0.1, 0.15) is 0 Å². The zero-order valence-corrected chi connectivity index (χ0v) is 12.9. The van der Waals surface area contributed by atoms with Gasteiger partial charge in [-0.1, -0.05) is 39.3 Å². The largest absolute Gasteiger partial charge is 0.322 e. The molecule has 1 unspecified atom stereocenters. The van der Waals surface area contributed by atoms with Gasteiger partial charge < -0.3 is 5.73 Å². The fourth-order valence-electron chi connectivity index (χ4n) is 3.38. The Morgan fingerprint density at radius 3 is 2.17 bits per heavy atom. The second-order valence-electron chi connectivity index (χ2n) is 6.86. The van der Waals surface area contributed by atoms with E-state index in [0.717, 1.165) is 5.69 Å². The molecule has 1 aromatic heterocycles. The van der Waals surface area contributed by atoms with E-state index >= 15 is 0 Å². The van der Waals surface area contributed by atoms with E-state index in [1.54, 1.807) is 6.20 Å². The van der Waals surface area contributed by atoms with Gasteiger partial charge in [0.15, 0.2) is 0 Å². The number of aromatic nitrogens is 2. The molecule has 4 heteroatoms. The summed E-state index contributed by atoms with van der Waals surface area (Å²) in [5.74, 6) is 0.441. The van der Waals surface area contributed by atoms with Crippen LogP contribution >= 0.6 is 11.6 Å². The van der Waals surface area contributed by atoms with Crippen molar-refractivity contribution in [1.82, 2.24) is 9.78 Å². The minimum atomic E-state index is -0.0487. The van der Waals surface area contributed by atoms with Crippen molar-refractivity contribution in [2.24, 2.45) is 22.5 Å². The Hall–Kier alpha value is -0.540. The molecule has 2 N–H and O–H groups in total. The molecule has 2 rings (SSSR count). The van der Waals surface area contributed by atoms with E-state index in [-0.39, 0.29) is 22.9 Å². The minimum Gasteiger partial charge on any atom is -0.322 e. The molecular weight excluding hydrogens is 246 g/mol. The molecule has 3 nitrogen and oxygen atoms in total. The van der Waals surface area contributed by atoms with Crippen LogP contribution in [0.15, 0.2) is 6.20 Å². The third kappa shape index (κ3) is 1.71. The lowest BCUT2D eigenvalue weighted by molar-refractivity contribution is 0.431. The molecule has 0 bridgehead atoms. The van der Waals surface area contributed by atoms with E-state index in [9.17, 15) is 0 Å². The Labute approximate surface area is 115 Å². The maximum atomic E-state index is 6.49. The molecule has 1 aliphatic carbocycles. The van der Waals surface area contributed by atoms with E-state index < -0.39 is 0 Å². The van der Waals surface area contributed by atoms with Gasteiger partial charge in [-0.05, 0) is 30.6 Å². The smallest absolute Gasteiger partial charge is 0.0834 e. The second kappa shape index (κ2) is 3.97. The molecule has 1 heterocycles. The summed E-state index contributed by atoms with van der Waals surface area (Å²) in [5.41, 5.74) is 7.98. The third-order valence-corrected chi connectivity index (χ3v) is 5.37. The van der Waals surface area contributed by atoms with E-state index in [2.05, 4.69) is 46.6 Å². The minimum absolute atomic E-state index is 0.0487. The Kier molecular flexibility index (Phi) is 3.07. The first kappa shape index (κ1) is 13.9. The molecule has 0 aliphatic heterocycles. The van der Waals surface area contributed by atoms with Crippen LogP contribution in [0.2, 0.25) is 5.02 Å². The topological polar surface area (TPSA) is 43.8 Å². The van der Waals surface area contributed by atoms with Crippen LogP contribution in [0.1, 0.15) is 59.3 Å². The van der Waals surface area contributed by atoms with Crippen molar-refractivity contribution in [3.05, 3.63) is 16.9 Å². The quantitative estimate of drug-likeness (QED) is 0.907. The van der Waals surface area contributed by atoms with Gasteiger partial charge in [0, 0.05) is 6.04 Å². The van der Waals surface area contributed by atoms with Crippen LogP contribution in [0.4, 0.5) is 0 Å². The Morgan fingerprint density at radius 2 is 1.78 bits per heavy atom. The van der Waals surface area contributed by atoms with Gasteiger partial charge in [-0.3, -0.25) is 4.68 Å². The van der Waals surface area contributed by atoms with Gasteiger partial charge in [-0.2, -0.15) is 5.10 Å². The summed E-state index contributed by atoms with van der Waals surface area (Å²) in [5, 5.41) is 5.04. The number of hydrogen-bond acceptors (Lipinski definition) is 2. The normalized spacial score (nSPS) is 23.4. The summed E-state index contributed by atoms with van der Waals surface area (Å²) in [7, 11) is 0. The van der Waals surface area contributed by atoms with E-state index in [4.69, 9.17) is 17.3 Å². The lowest BCUT2D eigenvalue weighted by atomic mass is 10.0. The first-order valence-corrected chi connectivity index (χ1v) is 6.98. The third-order valence-electron chi connectivity index (χ3n) is 5.08. The summed E-state index contributed by atoms with van der Waals surface area (Å²) in [6.45, 7) is 13.3. The Balaban J connectivity index is 2.37. The molecule has 1 fully saturated rings. The monoisotopic (exact) mass is 269 g/mol. The number of rotatable bonds is 3. The SMILES string of the molecule is CC(C)n1ncc(Cl)c1C(N)C1C(C)(C)C1(C)C. The zero-order chi connectivity index (χ0) is 13.9. The molecule has 18 heavy (non-hydrogen) atoms. The van der Waals surface area contributed by atoms with Gasteiger partial charge in [0.2, 0.25) is 0 Å². The summed E-state index contributed by atoms with van der Waals surface area (Å²) in [4.78, 5) is 0. The maximum absolute atomic E-state index is 6.49. The zero-order valence-electron chi connectivity index (χ0n) is 12.2. The molecule has 1 aromatic rings. The van der Waals surface area contributed by atoms with Crippen LogP contribution in [0.5, 0.6) is 0 Å². The van der Waals surface area contributed by atoms with Crippen LogP contribution < -0.4 is 5.73 Å². The van der Waals surface area contributed by atoms with E-state index in [0.29, 0.717) is 10.9 Å². The Morgan fingerprint density at radius 1 is 1.28 bits per heavy atom. The average molecular weight is 270 g/mol. The summed E-state index contributed by atoms with van der Waals surface area (Å²) >= 11 is 6.28. The van der Waals surface area contributed by atoms with Crippen molar-refractivity contribution in [3.8, 4) is 0 Å². The van der Waals surface area contributed by atoms with Gasteiger partial charge in [-0.25, -0.2) is 0 Å². The standard InChI is InChI=1S/C14H24ClN3/c1-8(2)18-11(9(15)7-17-18)10(16)12-13(3,4)14(12,5)6/h7-8,10,12H,16H2,1-6H3. The molecular formula is C14H24ClN3. The highest BCUT2D eigenvalue weighted by atomic mass is 35.5. The molecule has 0 aromatic carbocycles. The number of halogens is 1. The first-order valence-electron chi connectivity index (χ1n) is 6.61. The number of nitrogens with zero attached hydrogens (tertiary/aromatic N) is 2. The molecule has 0 saturated heterocycles. The fourth-order valence-corrected chi connectivity index (χ4v) is 3.63. The second-order valence-corrected chi connectivity index (χ2v) is 7.27. The molecule has 1 saturated carbocycles. The number of hydrogen-bond donors (Lipinski definition) is 1. The van der Waals surface area contributed by atoms with Crippen LogP contribution in [-0.4, -0.2) is 9.78 Å². The van der Waals surface area contributed by atoms with Crippen molar-refractivity contribution in [1.29, 1.82) is 0 Å². The highest BCUT2D eigenvalue weighted by molar-refractivity contribution is 6.31. The first-order chi connectivity index (χ1) is 8.12. The van der Waals surface area contributed by atoms with Crippen LogP contribution in [0.25, 0.3) is 0 Å². The van der Waals surface area contributed by atoms with Crippen LogP contribution in [0.3, 0.4) is 0 Å². The predicted octanol–water partition coefficient (Wildman–Crippen LogP) is 3.80. The van der Waals surface area contributed by atoms with Crippen molar-refractivity contribution < 1.29 is 0 Å². The summed E-state index contributed by atoms with van der Waals surface area (Å²) in [6.07, 6.45) is 1.71. The lowest BCUT2D eigenvalue weighted by Gasteiger charge is -2.19. The van der Waals surface area contributed by atoms with Gasteiger partial charge in [0.25, 0.3) is 0 Å². The van der Waals surface area contributed by atoms with Gasteiger partial charge in [0.05, 0.1) is 23.0 Å². The fraction of sp³-hybridized carbons (Fsp3) is 0.786. The van der Waals surface area contributed by atoms with E-state index in [1.165, 1.54) is 0 Å². The van der Waals surface area contributed by atoms with Crippen molar-refractivity contribution in [2.75, 3.05) is 0 Å². The lowest BCUT2D eigenvalue weighted by Crippen LogP contribution is -2.22. The van der Waals surface area contributed by atoms with Crippen molar-refractivity contribution >= 4 is 11.6 Å². The predicted molar refractivity (Wildman–Crippen MR) is 75.6 cm³/mol. The highest BCUT2D eigenvalue weighted by Gasteiger charge is 2.67. The van der Waals surface area contributed by atoms with Crippen LogP contribution in [0, 0.1) is 16.7 Å². The van der Waals surface area contributed by atoms with Crippen LogP contribution in [-0.2, 0) is 0 Å². The number of nitrogens with two attached hydrogens (primary N) is 1. The molecule has 0 radical (unpaired) electrons. The molecule has 102 valence electrons. The van der Waals surface area contributed by atoms with E-state index in [1.807, 2.05) is 4.68 Å². The van der Waals surface area contributed by atoms with Crippen molar-refractivity contribution in [3.63, 3.8) is 0 Å². The van der Waals surface area contributed by atoms with Gasteiger partial charge >= 0.3 is 0 Å². The maximum Gasteiger partial charge on any atom is 0.0834 e. The van der Waals surface area contributed by atoms with Gasteiger partial charge in [-0.15, -0.1) is 0 Å². The molecule has 0 amide bonds. The summed E-state index contributed by atoms with van der Waals surface area (Å²) in [6, 6.07) is 0.232. The highest BCUT2D eigenvalue weighted by Crippen LogP contribution is 2.72. The van der Waals surface area contributed by atoms with Crippen molar-refractivity contribution in [2.45, 2.75) is 53.6 Å². The summed E-state index contributed by atoms with van der Waals surface area (Å²) < 4.78 is 1.96. The molecule has 0 spiro atoms.